The van der Waals surface area contributed by atoms with Gasteiger partial charge >= 0.3 is 0 Å². The molecule has 0 bridgehead atoms. The van der Waals surface area contributed by atoms with E-state index in [0.29, 0.717) is 6.54 Å². The molecule has 0 aliphatic rings. The normalized spacial score (nSPS) is 11.2. The Morgan fingerprint density at radius 1 is 0.968 bits per heavy atom. The molecule has 0 fully saturated rings. The Morgan fingerprint density at radius 2 is 1.81 bits per heavy atom. The SMILES string of the molecule is CN(C)c1cc2c(Nc3ccc4c(cnn4Cc4ccc(O)cc4)c3)ncnc2cn1. The average Bonchev–Trinajstić information content (AvgIpc) is 3.17. The first-order chi connectivity index (χ1) is 15.1. The number of anilines is 3. The molecule has 31 heavy (non-hydrogen) atoms. The molecule has 0 unspecified atom stereocenters. The summed E-state index contributed by atoms with van der Waals surface area (Å²) in [4.78, 5) is 15.1. The predicted molar refractivity (Wildman–Crippen MR) is 122 cm³/mol. The maximum absolute atomic E-state index is 9.47. The minimum atomic E-state index is 0.260. The fourth-order valence-electron chi connectivity index (χ4n) is 3.49. The summed E-state index contributed by atoms with van der Waals surface area (Å²) in [5.74, 6) is 1.83. The van der Waals surface area contributed by atoms with Crippen LogP contribution in [0.5, 0.6) is 5.75 Å². The van der Waals surface area contributed by atoms with E-state index < -0.39 is 0 Å². The van der Waals surface area contributed by atoms with Crippen LogP contribution in [-0.4, -0.2) is 43.9 Å². The van der Waals surface area contributed by atoms with E-state index in [-0.39, 0.29) is 5.75 Å². The lowest BCUT2D eigenvalue weighted by Crippen LogP contribution is -2.10. The maximum atomic E-state index is 9.47. The third-order valence-corrected chi connectivity index (χ3v) is 5.14. The number of aromatic hydroxyl groups is 1. The number of benzene rings is 2. The van der Waals surface area contributed by atoms with Crippen molar-refractivity contribution in [2.24, 2.45) is 0 Å². The van der Waals surface area contributed by atoms with Gasteiger partial charge in [-0.25, -0.2) is 15.0 Å². The second-order valence-electron chi connectivity index (χ2n) is 7.54. The van der Waals surface area contributed by atoms with Gasteiger partial charge in [-0.2, -0.15) is 5.10 Å². The standard InChI is InChI=1S/C23H21N7O/c1-29(2)22-10-19-20(12-24-22)25-14-26-23(19)28-17-5-8-21-16(9-17)11-27-30(21)13-15-3-6-18(31)7-4-15/h3-12,14,31H,13H2,1-2H3,(H,25,26,28). The van der Waals surface area contributed by atoms with E-state index in [4.69, 9.17) is 0 Å². The first-order valence-electron chi connectivity index (χ1n) is 9.85. The number of pyridine rings is 1. The number of fused-ring (bicyclic) bond motifs is 2. The van der Waals surface area contributed by atoms with Crippen molar-refractivity contribution in [2.45, 2.75) is 6.54 Å². The van der Waals surface area contributed by atoms with Crippen molar-refractivity contribution in [3.05, 3.63) is 72.8 Å². The Labute approximate surface area is 178 Å². The molecular formula is C23H21N7O. The van der Waals surface area contributed by atoms with E-state index in [1.807, 2.05) is 60.2 Å². The number of phenolic OH excluding ortho intramolecular Hbond substituents is 1. The zero-order chi connectivity index (χ0) is 21.4. The molecule has 154 valence electrons. The highest BCUT2D eigenvalue weighted by molar-refractivity contribution is 5.93. The number of aromatic nitrogens is 5. The highest BCUT2D eigenvalue weighted by Gasteiger charge is 2.09. The minimum absolute atomic E-state index is 0.260. The van der Waals surface area contributed by atoms with Crippen LogP contribution in [-0.2, 0) is 6.54 Å². The second kappa shape index (κ2) is 7.56. The third-order valence-electron chi connectivity index (χ3n) is 5.14. The van der Waals surface area contributed by atoms with Gasteiger partial charge in [0.25, 0.3) is 0 Å². The van der Waals surface area contributed by atoms with Crippen molar-refractivity contribution in [2.75, 3.05) is 24.3 Å². The summed E-state index contributed by atoms with van der Waals surface area (Å²) in [6, 6.07) is 15.3. The molecule has 2 N–H and O–H groups in total. The number of hydrogen-bond acceptors (Lipinski definition) is 7. The quantitative estimate of drug-likeness (QED) is 0.453. The highest BCUT2D eigenvalue weighted by Crippen LogP contribution is 2.27. The van der Waals surface area contributed by atoms with Crippen molar-refractivity contribution in [3.8, 4) is 5.75 Å². The van der Waals surface area contributed by atoms with Crippen LogP contribution in [0.4, 0.5) is 17.3 Å². The number of nitrogens with zero attached hydrogens (tertiary/aromatic N) is 6. The fourth-order valence-corrected chi connectivity index (χ4v) is 3.49. The Balaban J connectivity index is 1.45. The Bertz CT molecular complexity index is 1380. The molecule has 8 heteroatoms. The van der Waals surface area contributed by atoms with Crippen LogP contribution in [0.2, 0.25) is 0 Å². The molecular weight excluding hydrogens is 390 g/mol. The molecule has 0 atom stereocenters. The van der Waals surface area contributed by atoms with Gasteiger partial charge in [-0.05, 0) is 42.0 Å². The number of nitrogens with one attached hydrogen (secondary N) is 1. The van der Waals surface area contributed by atoms with Gasteiger partial charge in [0, 0.05) is 30.6 Å². The van der Waals surface area contributed by atoms with Crippen molar-refractivity contribution in [1.82, 2.24) is 24.7 Å². The van der Waals surface area contributed by atoms with Gasteiger partial charge in [-0.15, -0.1) is 0 Å². The Hall–Kier alpha value is -4.20. The van der Waals surface area contributed by atoms with Crippen LogP contribution in [0.25, 0.3) is 21.8 Å². The zero-order valence-electron chi connectivity index (χ0n) is 17.2. The van der Waals surface area contributed by atoms with E-state index in [1.54, 1.807) is 18.3 Å². The molecule has 0 saturated carbocycles. The smallest absolute Gasteiger partial charge is 0.141 e. The molecule has 0 aliphatic heterocycles. The molecule has 0 radical (unpaired) electrons. The lowest BCUT2D eigenvalue weighted by molar-refractivity contribution is 0.475. The van der Waals surface area contributed by atoms with Crippen molar-refractivity contribution in [3.63, 3.8) is 0 Å². The van der Waals surface area contributed by atoms with Crippen molar-refractivity contribution < 1.29 is 5.11 Å². The molecule has 0 amide bonds. The number of hydrogen-bond donors (Lipinski definition) is 2. The number of phenols is 1. The predicted octanol–water partition coefficient (Wildman–Crippen LogP) is 3.94. The third kappa shape index (κ3) is 3.71. The minimum Gasteiger partial charge on any atom is -0.508 e. The molecule has 3 aromatic heterocycles. The lowest BCUT2D eigenvalue weighted by atomic mass is 10.2. The van der Waals surface area contributed by atoms with Gasteiger partial charge in [0.2, 0.25) is 0 Å². The zero-order valence-corrected chi connectivity index (χ0v) is 17.2. The summed E-state index contributed by atoms with van der Waals surface area (Å²) in [6.45, 7) is 0.632. The molecule has 0 aliphatic carbocycles. The average molecular weight is 411 g/mol. The van der Waals surface area contributed by atoms with Gasteiger partial charge in [-0.3, -0.25) is 4.68 Å². The van der Waals surface area contributed by atoms with Gasteiger partial charge < -0.3 is 15.3 Å². The van der Waals surface area contributed by atoms with Gasteiger partial charge in [0.1, 0.15) is 23.7 Å². The monoisotopic (exact) mass is 411 g/mol. The molecule has 8 nitrogen and oxygen atoms in total. The topological polar surface area (TPSA) is 92.0 Å². The Morgan fingerprint density at radius 3 is 2.61 bits per heavy atom. The van der Waals surface area contributed by atoms with Gasteiger partial charge in [0.05, 0.1) is 30.0 Å². The molecule has 5 rings (SSSR count). The first kappa shape index (κ1) is 18.8. The summed E-state index contributed by atoms with van der Waals surface area (Å²) in [5.41, 5.74) is 3.80. The van der Waals surface area contributed by atoms with Crippen LogP contribution in [0.3, 0.4) is 0 Å². The second-order valence-corrected chi connectivity index (χ2v) is 7.54. The van der Waals surface area contributed by atoms with E-state index in [9.17, 15) is 5.11 Å². The van der Waals surface area contributed by atoms with Gasteiger partial charge in [-0.1, -0.05) is 12.1 Å². The maximum Gasteiger partial charge on any atom is 0.141 e. The van der Waals surface area contributed by atoms with E-state index >= 15 is 0 Å². The van der Waals surface area contributed by atoms with E-state index in [1.165, 1.54) is 6.33 Å². The molecule has 2 aromatic carbocycles. The number of rotatable bonds is 5. The highest BCUT2D eigenvalue weighted by atomic mass is 16.3. The van der Waals surface area contributed by atoms with Crippen LogP contribution >= 0.6 is 0 Å². The van der Waals surface area contributed by atoms with Gasteiger partial charge in [0.15, 0.2) is 0 Å². The van der Waals surface area contributed by atoms with Crippen LogP contribution in [0, 0.1) is 0 Å². The van der Waals surface area contributed by atoms with Crippen LogP contribution in [0.15, 0.2) is 67.3 Å². The largest absolute Gasteiger partial charge is 0.508 e. The van der Waals surface area contributed by atoms with Crippen LogP contribution < -0.4 is 10.2 Å². The lowest BCUT2D eigenvalue weighted by Gasteiger charge is -2.13. The molecule has 5 aromatic rings. The molecule has 0 saturated heterocycles. The summed E-state index contributed by atoms with van der Waals surface area (Å²) in [6.07, 6.45) is 5.15. The molecule has 0 spiro atoms. The van der Waals surface area contributed by atoms with E-state index in [2.05, 4.69) is 31.4 Å². The summed E-state index contributed by atoms with van der Waals surface area (Å²) >= 11 is 0. The van der Waals surface area contributed by atoms with E-state index in [0.717, 1.165) is 44.7 Å². The summed E-state index contributed by atoms with van der Waals surface area (Å²) in [5, 5.41) is 19.3. The summed E-state index contributed by atoms with van der Waals surface area (Å²) in [7, 11) is 3.91. The fraction of sp³-hybridized carbons (Fsp3) is 0.130. The van der Waals surface area contributed by atoms with Crippen molar-refractivity contribution >= 4 is 39.1 Å². The summed E-state index contributed by atoms with van der Waals surface area (Å²) < 4.78 is 1.95. The van der Waals surface area contributed by atoms with Crippen LogP contribution in [0.1, 0.15) is 5.56 Å². The van der Waals surface area contributed by atoms with Crippen molar-refractivity contribution in [1.29, 1.82) is 0 Å². The molecule has 3 heterocycles. The Kier molecular flexibility index (Phi) is 4.59. The first-order valence-corrected chi connectivity index (χ1v) is 9.85.